The Morgan fingerprint density at radius 3 is 2.24 bits per heavy atom. The lowest BCUT2D eigenvalue weighted by Gasteiger charge is -2.22. The van der Waals surface area contributed by atoms with Crippen molar-refractivity contribution in [2.24, 2.45) is 5.73 Å². The molecule has 0 radical (unpaired) electrons. The summed E-state index contributed by atoms with van der Waals surface area (Å²) >= 11 is 1.61. The van der Waals surface area contributed by atoms with Crippen LogP contribution in [-0.4, -0.2) is 17.3 Å². The zero-order chi connectivity index (χ0) is 16.3. The molecule has 0 aliphatic carbocycles. The second kappa shape index (κ2) is 7.29. The summed E-state index contributed by atoms with van der Waals surface area (Å²) in [6.45, 7) is 8.59. The predicted octanol–water partition coefficient (Wildman–Crippen LogP) is 5.18. The zero-order valence-electron chi connectivity index (χ0n) is 12.8. The molecular weight excluding hydrogens is 315 g/mol. The first kappa shape index (κ1) is 18.7. The standard InChI is InChI=1S/C15H22F3NS2/c1-10(8-19)20-9-11-5-12(14(2,3)4)7-13(6-11)21-15(16,17)18/h5-7,10H,8-9,19H2,1-4H3. The minimum Gasteiger partial charge on any atom is -0.329 e. The Morgan fingerprint density at radius 1 is 1.14 bits per heavy atom. The van der Waals surface area contributed by atoms with Gasteiger partial charge in [-0.1, -0.05) is 33.8 Å². The molecule has 0 fully saturated rings. The highest BCUT2D eigenvalue weighted by atomic mass is 32.2. The van der Waals surface area contributed by atoms with Crippen LogP contribution in [0.1, 0.15) is 38.8 Å². The third-order valence-corrected chi connectivity index (χ3v) is 4.90. The van der Waals surface area contributed by atoms with Gasteiger partial charge in [-0.15, -0.1) is 0 Å². The van der Waals surface area contributed by atoms with Crippen molar-refractivity contribution in [3.8, 4) is 0 Å². The van der Waals surface area contributed by atoms with Crippen molar-refractivity contribution >= 4 is 23.5 Å². The third kappa shape index (κ3) is 6.98. The quantitative estimate of drug-likeness (QED) is 0.750. The molecule has 0 saturated heterocycles. The zero-order valence-corrected chi connectivity index (χ0v) is 14.4. The Labute approximate surface area is 133 Å². The molecule has 120 valence electrons. The lowest BCUT2D eigenvalue weighted by atomic mass is 9.86. The van der Waals surface area contributed by atoms with Crippen LogP contribution in [0.4, 0.5) is 13.2 Å². The molecule has 0 heterocycles. The molecule has 0 bridgehead atoms. The van der Waals surface area contributed by atoms with Gasteiger partial charge in [-0.05, 0) is 40.4 Å². The summed E-state index contributed by atoms with van der Waals surface area (Å²) in [6, 6.07) is 5.26. The van der Waals surface area contributed by atoms with E-state index in [1.807, 2.05) is 33.8 Å². The van der Waals surface area contributed by atoms with Gasteiger partial charge in [0.1, 0.15) is 0 Å². The van der Waals surface area contributed by atoms with E-state index in [0.29, 0.717) is 17.5 Å². The number of hydrogen-bond acceptors (Lipinski definition) is 3. The van der Waals surface area contributed by atoms with Crippen LogP contribution in [0.25, 0.3) is 0 Å². The van der Waals surface area contributed by atoms with Gasteiger partial charge in [-0.3, -0.25) is 0 Å². The Morgan fingerprint density at radius 2 is 1.76 bits per heavy atom. The van der Waals surface area contributed by atoms with Crippen molar-refractivity contribution in [2.45, 2.75) is 54.5 Å². The van der Waals surface area contributed by atoms with Crippen molar-refractivity contribution in [3.05, 3.63) is 29.3 Å². The minimum atomic E-state index is -4.26. The summed E-state index contributed by atoms with van der Waals surface area (Å²) in [5, 5.41) is 0.294. The van der Waals surface area contributed by atoms with Crippen molar-refractivity contribution in [2.75, 3.05) is 6.54 Å². The summed E-state index contributed by atoms with van der Waals surface area (Å²) < 4.78 is 37.8. The normalized spacial score (nSPS) is 14.3. The van der Waals surface area contributed by atoms with Gasteiger partial charge in [0.25, 0.3) is 0 Å². The van der Waals surface area contributed by atoms with Gasteiger partial charge in [0.15, 0.2) is 0 Å². The van der Waals surface area contributed by atoms with Crippen LogP contribution in [-0.2, 0) is 11.2 Å². The van der Waals surface area contributed by atoms with Crippen molar-refractivity contribution < 1.29 is 13.2 Å². The highest BCUT2D eigenvalue weighted by molar-refractivity contribution is 8.00. The monoisotopic (exact) mass is 337 g/mol. The summed E-state index contributed by atoms with van der Waals surface area (Å²) in [7, 11) is 0. The number of benzene rings is 1. The Bertz CT molecular complexity index is 467. The van der Waals surface area contributed by atoms with Crippen LogP contribution in [0.15, 0.2) is 23.1 Å². The number of rotatable bonds is 5. The van der Waals surface area contributed by atoms with Gasteiger partial charge >= 0.3 is 5.51 Å². The predicted molar refractivity (Wildman–Crippen MR) is 86.9 cm³/mol. The highest BCUT2D eigenvalue weighted by Gasteiger charge is 2.30. The van der Waals surface area contributed by atoms with Crippen LogP contribution in [0, 0.1) is 0 Å². The van der Waals surface area contributed by atoms with Crippen LogP contribution in [0.3, 0.4) is 0 Å². The van der Waals surface area contributed by atoms with Crippen molar-refractivity contribution in [3.63, 3.8) is 0 Å². The molecule has 0 saturated carbocycles. The molecular formula is C15H22F3NS2. The number of hydrogen-bond donors (Lipinski definition) is 1. The Balaban J connectivity index is 3.04. The number of alkyl halides is 3. The molecule has 1 nitrogen and oxygen atoms in total. The maximum absolute atomic E-state index is 12.6. The van der Waals surface area contributed by atoms with Gasteiger partial charge in [0, 0.05) is 22.4 Å². The van der Waals surface area contributed by atoms with E-state index in [-0.39, 0.29) is 22.1 Å². The molecule has 0 aromatic heterocycles. The molecule has 6 heteroatoms. The topological polar surface area (TPSA) is 26.0 Å². The van der Waals surface area contributed by atoms with E-state index in [2.05, 4.69) is 0 Å². The number of halogens is 3. The molecule has 2 N–H and O–H groups in total. The van der Waals surface area contributed by atoms with E-state index in [1.165, 1.54) is 0 Å². The van der Waals surface area contributed by atoms with Crippen molar-refractivity contribution in [1.82, 2.24) is 0 Å². The highest BCUT2D eigenvalue weighted by Crippen LogP contribution is 2.39. The third-order valence-electron chi connectivity index (χ3n) is 2.93. The molecule has 0 spiro atoms. The number of thioether (sulfide) groups is 2. The maximum Gasteiger partial charge on any atom is 0.446 e. The molecule has 1 aromatic carbocycles. The summed E-state index contributed by atoms with van der Waals surface area (Å²) in [6.07, 6.45) is 0. The number of nitrogens with two attached hydrogens (primary N) is 1. The Kier molecular flexibility index (Phi) is 6.50. The van der Waals surface area contributed by atoms with Gasteiger partial charge in [0.05, 0.1) is 0 Å². The van der Waals surface area contributed by atoms with E-state index in [4.69, 9.17) is 5.73 Å². The molecule has 0 amide bonds. The van der Waals surface area contributed by atoms with Gasteiger partial charge in [0.2, 0.25) is 0 Å². The van der Waals surface area contributed by atoms with Crippen LogP contribution < -0.4 is 5.73 Å². The average Bonchev–Trinajstić information content (AvgIpc) is 2.32. The second-order valence-corrected chi connectivity index (χ2v) is 8.59. The fraction of sp³-hybridized carbons (Fsp3) is 0.600. The SMILES string of the molecule is CC(CN)SCc1cc(SC(F)(F)F)cc(C(C)(C)C)c1. The van der Waals surface area contributed by atoms with Crippen LogP contribution in [0.5, 0.6) is 0 Å². The first-order valence-electron chi connectivity index (χ1n) is 6.73. The first-order valence-corrected chi connectivity index (χ1v) is 8.59. The van der Waals surface area contributed by atoms with Crippen LogP contribution in [0.2, 0.25) is 0 Å². The van der Waals surface area contributed by atoms with Gasteiger partial charge in [-0.25, -0.2) is 0 Å². The van der Waals surface area contributed by atoms with E-state index in [9.17, 15) is 13.2 Å². The summed E-state index contributed by atoms with van der Waals surface area (Å²) in [5.74, 6) is 0.674. The molecule has 21 heavy (non-hydrogen) atoms. The molecule has 1 atom stereocenters. The van der Waals surface area contributed by atoms with E-state index in [1.54, 1.807) is 23.9 Å². The smallest absolute Gasteiger partial charge is 0.329 e. The first-order chi connectivity index (χ1) is 9.51. The van der Waals surface area contributed by atoms with Gasteiger partial charge in [-0.2, -0.15) is 24.9 Å². The molecule has 0 aliphatic heterocycles. The fourth-order valence-electron chi connectivity index (χ4n) is 1.68. The molecule has 1 rings (SSSR count). The van der Waals surface area contributed by atoms with Crippen molar-refractivity contribution in [1.29, 1.82) is 0 Å². The van der Waals surface area contributed by atoms with E-state index < -0.39 is 5.51 Å². The lowest BCUT2D eigenvalue weighted by molar-refractivity contribution is -0.0328. The second-order valence-electron chi connectivity index (χ2n) is 6.02. The van der Waals surface area contributed by atoms with E-state index >= 15 is 0 Å². The molecule has 1 unspecified atom stereocenters. The lowest BCUT2D eigenvalue weighted by Crippen LogP contribution is -2.14. The largest absolute Gasteiger partial charge is 0.446 e. The van der Waals surface area contributed by atoms with Gasteiger partial charge < -0.3 is 5.73 Å². The Hall–Kier alpha value is -0.330. The summed E-state index contributed by atoms with van der Waals surface area (Å²) in [5.41, 5.74) is 2.98. The molecule has 1 aromatic rings. The average molecular weight is 337 g/mol. The van der Waals surface area contributed by atoms with E-state index in [0.717, 1.165) is 11.1 Å². The fourth-order valence-corrected chi connectivity index (χ4v) is 3.12. The minimum absolute atomic E-state index is 0.0488. The summed E-state index contributed by atoms with van der Waals surface area (Å²) in [4.78, 5) is 0.255. The molecule has 0 aliphatic rings. The maximum atomic E-state index is 12.6. The van der Waals surface area contributed by atoms with Crippen LogP contribution >= 0.6 is 23.5 Å².